The van der Waals surface area contributed by atoms with Crippen molar-refractivity contribution in [3.63, 3.8) is 0 Å². The molecule has 0 atom stereocenters. The van der Waals surface area contributed by atoms with Crippen molar-refractivity contribution in [2.24, 2.45) is 0 Å². The van der Waals surface area contributed by atoms with Crippen LogP contribution in [0.25, 0.3) is 5.70 Å². The van der Waals surface area contributed by atoms with Crippen LogP contribution in [0.4, 0.5) is 5.69 Å². The molecule has 2 nitrogen and oxygen atoms in total. The van der Waals surface area contributed by atoms with Crippen LogP contribution in [0.1, 0.15) is 93.7 Å². The summed E-state index contributed by atoms with van der Waals surface area (Å²) in [5.74, 6) is 0.933. The molecule has 2 aliphatic rings. The number of allylic oxidation sites excluding steroid dienone is 3. The van der Waals surface area contributed by atoms with Gasteiger partial charge in [-0.1, -0.05) is 84.9 Å². The van der Waals surface area contributed by atoms with Gasteiger partial charge in [-0.2, -0.15) is 0 Å². The standard InChI is InChI=1S/C31H39N2.Au.ClH/c1-8-23-17-24(9-2)30(25(10-3)18-23)29-16-11-13-26-19-32(20-33(26)29)31-27(21(4)5)14-12-15-28(31)22(6)7;;/h11-22H,8-10H2,1-7H3;;1H/q-1;+1;/p-1. The molecule has 4 heteroatoms. The summed E-state index contributed by atoms with van der Waals surface area (Å²) < 4.78 is 0. The van der Waals surface area contributed by atoms with Crippen molar-refractivity contribution in [1.82, 2.24) is 4.90 Å². The fourth-order valence-electron chi connectivity index (χ4n) is 5.14. The Kier molecular flexibility index (Phi) is 10.5. The Bertz CT molecular complexity index is 1080. The minimum atomic E-state index is 0. The van der Waals surface area contributed by atoms with E-state index in [0.29, 0.717) is 11.8 Å². The Hall–Kier alpha value is -1.71. The first-order valence-electron chi connectivity index (χ1n) is 12.7. The predicted molar refractivity (Wildman–Crippen MR) is 143 cm³/mol. The zero-order chi connectivity index (χ0) is 23.7. The number of hydrogen-bond acceptors (Lipinski definition) is 2. The Morgan fingerprint density at radius 2 is 1.43 bits per heavy atom. The first kappa shape index (κ1) is 29.5. The Morgan fingerprint density at radius 1 is 0.857 bits per heavy atom. The zero-order valence-corrected chi connectivity index (χ0v) is 25.0. The maximum atomic E-state index is 2.41. The van der Waals surface area contributed by atoms with E-state index < -0.39 is 0 Å². The fourth-order valence-corrected chi connectivity index (χ4v) is 5.14. The van der Waals surface area contributed by atoms with Crippen LogP contribution in [0.2, 0.25) is 0 Å². The summed E-state index contributed by atoms with van der Waals surface area (Å²) in [7, 11) is 0. The van der Waals surface area contributed by atoms with Gasteiger partial charge in [-0.05, 0) is 77.3 Å². The van der Waals surface area contributed by atoms with E-state index in [1.807, 2.05) is 0 Å². The molecule has 0 bridgehead atoms. The molecule has 192 valence electrons. The third-order valence-corrected chi connectivity index (χ3v) is 6.96. The van der Waals surface area contributed by atoms with Crippen LogP contribution in [0.3, 0.4) is 0 Å². The second-order valence-corrected chi connectivity index (χ2v) is 9.80. The van der Waals surface area contributed by atoms with Crippen LogP contribution in [-0.4, -0.2) is 4.90 Å². The summed E-state index contributed by atoms with van der Waals surface area (Å²) in [5, 5.41) is 0. The van der Waals surface area contributed by atoms with Crippen LogP contribution < -0.4 is 17.3 Å². The van der Waals surface area contributed by atoms with Crippen LogP contribution in [-0.2, 0) is 41.6 Å². The van der Waals surface area contributed by atoms with E-state index in [-0.39, 0.29) is 34.8 Å². The van der Waals surface area contributed by atoms with Crippen molar-refractivity contribution in [3.05, 3.63) is 101 Å². The number of benzene rings is 2. The number of para-hydroxylation sites is 1. The van der Waals surface area contributed by atoms with E-state index in [1.165, 1.54) is 50.5 Å². The molecule has 0 aliphatic carbocycles. The summed E-state index contributed by atoms with van der Waals surface area (Å²) in [6, 6.07) is 11.6. The number of fused-ring (bicyclic) bond motifs is 1. The number of hydrogen-bond donors (Lipinski definition) is 0. The predicted octanol–water partition coefficient (Wildman–Crippen LogP) is 5.32. The van der Waals surface area contributed by atoms with Crippen molar-refractivity contribution in [3.8, 4) is 0 Å². The van der Waals surface area contributed by atoms with E-state index in [2.05, 4.69) is 120 Å². The molecule has 0 saturated carbocycles. The normalized spacial score (nSPS) is 14.5. The second-order valence-electron chi connectivity index (χ2n) is 9.80. The van der Waals surface area contributed by atoms with Gasteiger partial charge in [0.15, 0.2) is 0 Å². The maximum Gasteiger partial charge on any atom is 1.00 e. The second kappa shape index (κ2) is 12.5. The van der Waals surface area contributed by atoms with Gasteiger partial charge >= 0.3 is 22.4 Å². The van der Waals surface area contributed by atoms with Crippen LogP contribution in [0.5, 0.6) is 0 Å². The topological polar surface area (TPSA) is 6.48 Å². The first-order valence-corrected chi connectivity index (χ1v) is 12.7. The third kappa shape index (κ3) is 5.67. The Morgan fingerprint density at radius 3 is 1.91 bits per heavy atom. The molecule has 0 saturated heterocycles. The summed E-state index contributed by atoms with van der Waals surface area (Å²) >= 11 is 0. The summed E-state index contributed by atoms with van der Waals surface area (Å²) in [4.78, 5) is 4.75. The molecule has 0 radical (unpaired) electrons. The van der Waals surface area contributed by atoms with E-state index in [4.69, 9.17) is 0 Å². The molecule has 0 N–H and O–H groups in total. The van der Waals surface area contributed by atoms with Crippen LogP contribution in [0, 0.1) is 6.67 Å². The van der Waals surface area contributed by atoms with E-state index >= 15 is 0 Å². The van der Waals surface area contributed by atoms with Crippen LogP contribution >= 0.6 is 0 Å². The van der Waals surface area contributed by atoms with Gasteiger partial charge in [-0.3, -0.25) is 0 Å². The van der Waals surface area contributed by atoms with Crippen LogP contribution in [0.15, 0.2) is 60.5 Å². The van der Waals surface area contributed by atoms with Gasteiger partial charge in [0.1, 0.15) is 0 Å². The van der Waals surface area contributed by atoms with Crippen molar-refractivity contribution < 1.29 is 34.8 Å². The number of aryl methyl sites for hydroxylation is 3. The van der Waals surface area contributed by atoms with Crippen molar-refractivity contribution in [2.75, 3.05) is 4.90 Å². The molecule has 4 rings (SSSR count). The maximum absolute atomic E-state index is 2.41. The number of anilines is 1. The van der Waals surface area contributed by atoms with E-state index in [1.54, 1.807) is 0 Å². The van der Waals surface area contributed by atoms with Gasteiger partial charge in [0.05, 0.1) is 0 Å². The van der Waals surface area contributed by atoms with Gasteiger partial charge in [-0.15, -0.1) is 6.67 Å². The molecule has 0 aromatic heterocycles. The average molecular weight is 672 g/mol. The van der Waals surface area contributed by atoms with E-state index in [9.17, 15) is 0 Å². The molecule has 2 aromatic rings. The van der Waals surface area contributed by atoms with Gasteiger partial charge in [0, 0.05) is 22.6 Å². The minimum Gasteiger partial charge on any atom is -1.00 e. The molecule has 2 aliphatic heterocycles. The minimum absolute atomic E-state index is 0. The van der Waals surface area contributed by atoms with Crippen molar-refractivity contribution in [1.29, 1.82) is 0 Å². The van der Waals surface area contributed by atoms with Gasteiger partial charge in [0.2, 0.25) is 0 Å². The third-order valence-electron chi connectivity index (χ3n) is 6.96. The fraction of sp³-hybridized carbons (Fsp3) is 0.387. The molecular formula is C31H39AuClN2-. The molecule has 2 aromatic carbocycles. The molecule has 0 amide bonds. The van der Waals surface area contributed by atoms with Gasteiger partial charge in [-0.25, -0.2) is 0 Å². The number of nitrogens with zero attached hydrogens (tertiary/aromatic N) is 2. The summed E-state index contributed by atoms with van der Waals surface area (Å²) in [6.45, 7) is 18.3. The molecule has 2 heterocycles. The summed E-state index contributed by atoms with van der Waals surface area (Å²) in [6.07, 6.45) is 12.2. The largest absolute Gasteiger partial charge is 1.00 e. The Balaban J connectivity index is 0.00000216. The molecule has 35 heavy (non-hydrogen) atoms. The smallest absolute Gasteiger partial charge is 1.00 e. The quantitative estimate of drug-likeness (QED) is 0.291. The number of rotatable bonds is 7. The Labute approximate surface area is 235 Å². The molecule has 0 spiro atoms. The number of halogens is 1. The van der Waals surface area contributed by atoms with Crippen molar-refractivity contribution >= 4 is 11.4 Å². The first-order chi connectivity index (χ1) is 15.9. The van der Waals surface area contributed by atoms with Gasteiger partial charge in [0.25, 0.3) is 0 Å². The monoisotopic (exact) mass is 671 g/mol. The average Bonchev–Trinajstić information content (AvgIpc) is 3.26. The zero-order valence-electron chi connectivity index (χ0n) is 22.1. The van der Waals surface area contributed by atoms with E-state index in [0.717, 1.165) is 19.3 Å². The SMILES string of the molecule is CCc1cc(CC)c(C2=CC=CC3=CN(c4c(C(C)C)cccc4C(C)C)[CH-]N32)c(CC)c1.[Au+].[Cl-]. The molecule has 0 unspecified atom stereocenters. The summed E-state index contributed by atoms with van der Waals surface area (Å²) in [5.41, 5.74) is 12.4. The molecular weight excluding hydrogens is 633 g/mol. The molecule has 0 fully saturated rings. The van der Waals surface area contributed by atoms with Crippen molar-refractivity contribution in [2.45, 2.75) is 79.6 Å². The van der Waals surface area contributed by atoms with Gasteiger partial charge < -0.3 is 22.2 Å².